The highest BCUT2D eigenvalue weighted by Crippen LogP contribution is 2.33. The monoisotopic (exact) mass is 339 g/mol. The summed E-state index contributed by atoms with van der Waals surface area (Å²) in [6.45, 7) is 11.8. The maximum absolute atomic E-state index is 6.09. The predicted octanol–water partition coefficient (Wildman–Crippen LogP) is 4.65. The molecular formula is C20H22ClN3. The van der Waals surface area contributed by atoms with Gasteiger partial charge < -0.3 is 9.80 Å². The van der Waals surface area contributed by atoms with Gasteiger partial charge in [-0.05, 0) is 49.2 Å². The van der Waals surface area contributed by atoms with Crippen molar-refractivity contribution in [2.24, 2.45) is 4.99 Å². The molecule has 0 amide bonds. The van der Waals surface area contributed by atoms with Gasteiger partial charge in [0.1, 0.15) is 0 Å². The van der Waals surface area contributed by atoms with E-state index in [1.54, 1.807) is 0 Å². The topological polar surface area (TPSA) is 18.8 Å². The summed E-state index contributed by atoms with van der Waals surface area (Å²) >= 11 is 6.09. The van der Waals surface area contributed by atoms with Gasteiger partial charge in [-0.3, -0.25) is 4.99 Å². The Hall–Kier alpha value is -2.10. The molecule has 0 spiro atoms. The molecule has 0 radical (unpaired) electrons. The van der Waals surface area contributed by atoms with Gasteiger partial charge >= 0.3 is 0 Å². The molecule has 4 heteroatoms. The van der Waals surface area contributed by atoms with Crippen molar-refractivity contribution in [3.05, 3.63) is 54.6 Å². The second kappa shape index (κ2) is 7.20. The van der Waals surface area contributed by atoms with E-state index in [-0.39, 0.29) is 0 Å². The summed E-state index contributed by atoms with van der Waals surface area (Å²) in [7, 11) is 2.17. The Kier molecular flexibility index (Phi) is 5.03. The summed E-state index contributed by atoms with van der Waals surface area (Å²) in [5.74, 6) is 0. The third-order valence-corrected chi connectivity index (χ3v) is 4.73. The van der Waals surface area contributed by atoms with Crippen LogP contribution in [0.2, 0.25) is 0 Å². The first-order valence-electron chi connectivity index (χ1n) is 8.08. The van der Waals surface area contributed by atoms with E-state index in [1.807, 2.05) is 18.2 Å². The van der Waals surface area contributed by atoms with Crippen LogP contribution in [0.5, 0.6) is 0 Å². The number of anilines is 1. The van der Waals surface area contributed by atoms with E-state index < -0.39 is 0 Å². The first kappa shape index (κ1) is 16.7. The zero-order valence-corrected chi connectivity index (χ0v) is 14.8. The molecule has 24 heavy (non-hydrogen) atoms. The van der Waals surface area contributed by atoms with Crippen LogP contribution >= 0.6 is 11.6 Å². The van der Waals surface area contributed by atoms with Gasteiger partial charge in [0.15, 0.2) is 0 Å². The molecule has 3 rings (SSSR count). The van der Waals surface area contributed by atoms with E-state index >= 15 is 0 Å². The molecule has 1 aliphatic rings. The van der Waals surface area contributed by atoms with Crippen LogP contribution in [-0.2, 0) is 0 Å². The van der Waals surface area contributed by atoms with Gasteiger partial charge in [0, 0.05) is 42.5 Å². The molecule has 0 N–H and O–H groups in total. The summed E-state index contributed by atoms with van der Waals surface area (Å²) < 4.78 is 0. The molecular weight excluding hydrogens is 318 g/mol. The molecule has 3 nitrogen and oxygen atoms in total. The van der Waals surface area contributed by atoms with Gasteiger partial charge in [-0.15, -0.1) is 0 Å². The van der Waals surface area contributed by atoms with Crippen molar-refractivity contribution in [3.63, 3.8) is 0 Å². The number of hydrogen-bond acceptors (Lipinski definition) is 3. The highest BCUT2D eigenvalue weighted by molar-refractivity contribution is 6.48. The fraction of sp³-hybridized carbons (Fsp3) is 0.250. The van der Waals surface area contributed by atoms with E-state index in [4.69, 9.17) is 11.6 Å². The lowest BCUT2D eigenvalue weighted by atomic mass is 10.0. The van der Waals surface area contributed by atoms with Crippen molar-refractivity contribution in [1.29, 1.82) is 0 Å². The number of halogens is 1. The second-order valence-corrected chi connectivity index (χ2v) is 6.59. The third-order valence-electron chi connectivity index (χ3n) is 4.53. The van der Waals surface area contributed by atoms with E-state index in [0.717, 1.165) is 48.6 Å². The van der Waals surface area contributed by atoms with Crippen molar-refractivity contribution in [2.75, 3.05) is 38.1 Å². The van der Waals surface area contributed by atoms with Gasteiger partial charge in [-0.2, -0.15) is 0 Å². The standard InChI is InChI=1S/C20H22ClN3/c1-15(21)19-14-17(6-9-20(19)22-2)16-4-7-18(8-5-16)24-12-10-23(3)11-13-24/h4-9,14H,1-2,10-13H2,3H3. The molecule has 2 aromatic carbocycles. The molecule has 0 bridgehead atoms. The molecule has 1 saturated heterocycles. The fourth-order valence-electron chi connectivity index (χ4n) is 3.00. The van der Waals surface area contributed by atoms with Crippen molar-refractivity contribution in [1.82, 2.24) is 4.90 Å². The number of aliphatic imine (C=N–C) groups is 1. The van der Waals surface area contributed by atoms with Gasteiger partial charge in [0.2, 0.25) is 0 Å². The Labute approximate surface area is 148 Å². The van der Waals surface area contributed by atoms with Crippen LogP contribution in [0, 0.1) is 0 Å². The molecule has 0 aliphatic carbocycles. The fourth-order valence-corrected chi connectivity index (χ4v) is 3.15. The molecule has 0 aromatic heterocycles. The maximum Gasteiger partial charge on any atom is 0.0709 e. The SMILES string of the molecule is C=Nc1ccc(-c2ccc(N3CCN(C)CC3)cc2)cc1C(=C)Cl. The molecule has 124 valence electrons. The van der Waals surface area contributed by atoms with Gasteiger partial charge in [-0.25, -0.2) is 0 Å². The number of hydrogen-bond donors (Lipinski definition) is 0. The third kappa shape index (κ3) is 3.53. The Morgan fingerprint density at radius 2 is 1.62 bits per heavy atom. The molecule has 2 aromatic rings. The normalized spacial score (nSPS) is 15.3. The average Bonchev–Trinajstić information content (AvgIpc) is 2.62. The Morgan fingerprint density at radius 3 is 2.21 bits per heavy atom. The minimum atomic E-state index is 0.480. The van der Waals surface area contributed by atoms with Gasteiger partial charge in [-0.1, -0.05) is 36.4 Å². The molecule has 0 saturated carbocycles. The summed E-state index contributed by atoms with van der Waals surface area (Å²) in [6.07, 6.45) is 0. The number of piperazine rings is 1. The summed E-state index contributed by atoms with van der Waals surface area (Å²) in [5, 5.41) is 0.480. The van der Waals surface area contributed by atoms with Crippen LogP contribution in [0.3, 0.4) is 0 Å². The van der Waals surface area contributed by atoms with Gasteiger partial charge in [0.05, 0.1) is 5.69 Å². The summed E-state index contributed by atoms with van der Waals surface area (Å²) in [6, 6.07) is 14.7. The number of nitrogens with zero attached hydrogens (tertiary/aromatic N) is 3. The van der Waals surface area contributed by atoms with E-state index in [0.29, 0.717) is 5.03 Å². The minimum Gasteiger partial charge on any atom is -0.369 e. The van der Waals surface area contributed by atoms with Crippen LogP contribution in [0.15, 0.2) is 54.0 Å². The maximum atomic E-state index is 6.09. The van der Waals surface area contributed by atoms with E-state index in [2.05, 4.69) is 59.4 Å². The van der Waals surface area contributed by atoms with E-state index in [1.165, 1.54) is 5.69 Å². The molecule has 0 unspecified atom stereocenters. The zero-order chi connectivity index (χ0) is 17.1. The predicted molar refractivity (Wildman–Crippen MR) is 106 cm³/mol. The first-order valence-corrected chi connectivity index (χ1v) is 8.46. The van der Waals surface area contributed by atoms with Gasteiger partial charge in [0.25, 0.3) is 0 Å². The van der Waals surface area contributed by atoms with Crippen molar-refractivity contribution >= 4 is 34.7 Å². The summed E-state index contributed by atoms with van der Waals surface area (Å²) in [4.78, 5) is 8.79. The Morgan fingerprint density at radius 1 is 1.00 bits per heavy atom. The highest BCUT2D eigenvalue weighted by atomic mass is 35.5. The lowest BCUT2D eigenvalue weighted by molar-refractivity contribution is 0.313. The van der Waals surface area contributed by atoms with Crippen molar-refractivity contribution in [2.45, 2.75) is 0 Å². The molecule has 1 heterocycles. The average molecular weight is 340 g/mol. The molecule has 1 aliphatic heterocycles. The molecule has 1 fully saturated rings. The zero-order valence-electron chi connectivity index (χ0n) is 14.0. The molecule has 0 atom stereocenters. The van der Waals surface area contributed by atoms with Crippen molar-refractivity contribution in [3.8, 4) is 11.1 Å². The van der Waals surface area contributed by atoms with Crippen LogP contribution < -0.4 is 4.90 Å². The van der Waals surface area contributed by atoms with Crippen LogP contribution in [0.4, 0.5) is 11.4 Å². The number of rotatable bonds is 4. The first-order chi connectivity index (χ1) is 11.6. The summed E-state index contributed by atoms with van der Waals surface area (Å²) in [5.41, 5.74) is 5.12. The van der Waals surface area contributed by atoms with Crippen LogP contribution in [0.25, 0.3) is 16.2 Å². The lowest BCUT2D eigenvalue weighted by Gasteiger charge is -2.34. The Balaban J connectivity index is 1.84. The minimum absolute atomic E-state index is 0.480. The lowest BCUT2D eigenvalue weighted by Crippen LogP contribution is -2.44. The smallest absolute Gasteiger partial charge is 0.0709 e. The largest absolute Gasteiger partial charge is 0.369 e. The van der Waals surface area contributed by atoms with Crippen molar-refractivity contribution < 1.29 is 0 Å². The Bertz CT molecular complexity index is 744. The number of benzene rings is 2. The van der Waals surface area contributed by atoms with Crippen LogP contribution in [0.1, 0.15) is 5.56 Å². The quantitative estimate of drug-likeness (QED) is 0.755. The number of likely N-dealkylation sites (N-methyl/N-ethyl adjacent to an activating group) is 1. The van der Waals surface area contributed by atoms with E-state index in [9.17, 15) is 0 Å². The highest BCUT2D eigenvalue weighted by Gasteiger charge is 2.14. The van der Waals surface area contributed by atoms with Crippen LogP contribution in [-0.4, -0.2) is 44.8 Å². The second-order valence-electron chi connectivity index (χ2n) is 6.13.